The molecule has 0 aliphatic carbocycles. The van der Waals surface area contributed by atoms with Gasteiger partial charge in [0.1, 0.15) is 5.69 Å². The normalized spacial score (nSPS) is 10.8. The molecule has 4 nitrogen and oxygen atoms in total. The largest absolute Gasteiger partial charge is 0.325 e. The highest BCUT2D eigenvalue weighted by Crippen LogP contribution is 2.23. The fraction of sp³-hybridized carbons (Fsp3) is 0.0526. The molecule has 1 N–H and O–H groups in total. The molecular formula is C19H16N4. The Morgan fingerprint density at radius 1 is 0.913 bits per heavy atom. The molecule has 0 atom stereocenters. The van der Waals surface area contributed by atoms with Crippen molar-refractivity contribution in [2.24, 2.45) is 0 Å². The zero-order valence-corrected chi connectivity index (χ0v) is 12.6. The van der Waals surface area contributed by atoms with Crippen LogP contribution in [0.3, 0.4) is 0 Å². The van der Waals surface area contributed by atoms with Gasteiger partial charge >= 0.3 is 0 Å². The molecule has 4 rings (SSSR count). The molecule has 0 spiro atoms. The van der Waals surface area contributed by atoms with Crippen LogP contribution in [0.1, 0.15) is 5.56 Å². The van der Waals surface area contributed by atoms with Crippen molar-refractivity contribution in [2.75, 3.05) is 0 Å². The Bertz CT molecular complexity index is 891. The maximum Gasteiger partial charge on any atom is 0.158 e. The topological polar surface area (TPSA) is 46.5 Å². The lowest BCUT2D eigenvalue weighted by molar-refractivity contribution is 0.802. The van der Waals surface area contributed by atoms with Crippen LogP contribution in [0.5, 0.6) is 0 Å². The lowest BCUT2D eigenvalue weighted by Crippen LogP contribution is -2.01. The third-order valence-electron chi connectivity index (χ3n) is 3.80. The predicted molar refractivity (Wildman–Crippen MR) is 90.8 cm³/mol. The van der Waals surface area contributed by atoms with Gasteiger partial charge < -0.3 is 4.57 Å². The summed E-state index contributed by atoms with van der Waals surface area (Å²) in [7, 11) is 0. The Kier molecular flexibility index (Phi) is 3.48. The number of imidazole rings is 1. The Hall–Kier alpha value is -3.14. The van der Waals surface area contributed by atoms with E-state index >= 15 is 0 Å². The first-order valence-corrected chi connectivity index (χ1v) is 7.56. The van der Waals surface area contributed by atoms with Crippen LogP contribution >= 0.6 is 0 Å². The molecule has 0 aliphatic rings. The van der Waals surface area contributed by atoms with Gasteiger partial charge in [0.2, 0.25) is 0 Å². The number of aromatic amines is 1. The minimum absolute atomic E-state index is 0.788. The van der Waals surface area contributed by atoms with E-state index in [-0.39, 0.29) is 0 Å². The lowest BCUT2D eigenvalue weighted by atomic mass is 10.1. The van der Waals surface area contributed by atoms with Crippen molar-refractivity contribution in [3.63, 3.8) is 0 Å². The molecule has 0 saturated heterocycles. The SMILES string of the molecule is c1ccc(Cn2ccnc2-c2cc(-c3ccccc3)n[nH]2)cc1. The molecule has 0 saturated carbocycles. The number of rotatable bonds is 4. The maximum atomic E-state index is 4.48. The molecule has 0 fully saturated rings. The van der Waals surface area contributed by atoms with Crippen molar-refractivity contribution >= 4 is 0 Å². The van der Waals surface area contributed by atoms with E-state index in [1.165, 1.54) is 5.56 Å². The Labute approximate surface area is 134 Å². The molecule has 112 valence electrons. The van der Waals surface area contributed by atoms with E-state index in [1.807, 2.05) is 42.7 Å². The van der Waals surface area contributed by atoms with Crippen LogP contribution in [0.4, 0.5) is 0 Å². The van der Waals surface area contributed by atoms with E-state index in [4.69, 9.17) is 0 Å². The highest BCUT2D eigenvalue weighted by atomic mass is 15.2. The number of hydrogen-bond acceptors (Lipinski definition) is 2. The number of benzene rings is 2. The number of aromatic nitrogens is 4. The Morgan fingerprint density at radius 3 is 2.43 bits per heavy atom. The average Bonchev–Trinajstić information content (AvgIpc) is 3.25. The van der Waals surface area contributed by atoms with Crippen LogP contribution in [-0.2, 0) is 6.54 Å². The second-order valence-corrected chi connectivity index (χ2v) is 5.40. The predicted octanol–water partition coefficient (Wildman–Crippen LogP) is 3.99. The molecule has 0 amide bonds. The van der Waals surface area contributed by atoms with Crippen molar-refractivity contribution in [2.45, 2.75) is 6.54 Å². The summed E-state index contributed by atoms with van der Waals surface area (Å²) in [6.45, 7) is 0.788. The summed E-state index contributed by atoms with van der Waals surface area (Å²) < 4.78 is 2.12. The van der Waals surface area contributed by atoms with Crippen LogP contribution in [0.15, 0.2) is 79.1 Å². The van der Waals surface area contributed by atoms with Gasteiger partial charge in [-0.25, -0.2) is 4.98 Å². The van der Waals surface area contributed by atoms with Crippen LogP contribution in [0, 0.1) is 0 Å². The van der Waals surface area contributed by atoms with E-state index in [1.54, 1.807) is 0 Å². The molecule has 23 heavy (non-hydrogen) atoms. The van der Waals surface area contributed by atoms with Crippen molar-refractivity contribution in [3.8, 4) is 22.8 Å². The van der Waals surface area contributed by atoms with Crippen LogP contribution in [-0.4, -0.2) is 19.7 Å². The lowest BCUT2D eigenvalue weighted by Gasteiger charge is -2.06. The van der Waals surface area contributed by atoms with Crippen LogP contribution in [0.25, 0.3) is 22.8 Å². The number of nitrogens with one attached hydrogen (secondary N) is 1. The van der Waals surface area contributed by atoms with Gasteiger partial charge in [0.05, 0.1) is 5.69 Å². The number of nitrogens with zero attached hydrogens (tertiary/aromatic N) is 3. The maximum absolute atomic E-state index is 4.48. The second-order valence-electron chi connectivity index (χ2n) is 5.40. The van der Waals surface area contributed by atoms with E-state index < -0.39 is 0 Å². The third kappa shape index (κ3) is 2.79. The second kappa shape index (κ2) is 5.93. The van der Waals surface area contributed by atoms with Crippen molar-refractivity contribution < 1.29 is 0 Å². The van der Waals surface area contributed by atoms with Crippen LogP contribution < -0.4 is 0 Å². The Morgan fingerprint density at radius 2 is 1.65 bits per heavy atom. The number of H-pyrrole nitrogens is 1. The summed E-state index contributed by atoms with van der Waals surface area (Å²) in [6, 6.07) is 22.5. The summed E-state index contributed by atoms with van der Waals surface area (Å²) in [4.78, 5) is 4.48. The first-order valence-electron chi connectivity index (χ1n) is 7.56. The fourth-order valence-electron chi connectivity index (χ4n) is 2.65. The quantitative estimate of drug-likeness (QED) is 0.619. The fourth-order valence-corrected chi connectivity index (χ4v) is 2.65. The van der Waals surface area contributed by atoms with Gasteiger partial charge in [0.15, 0.2) is 5.82 Å². The monoisotopic (exact) mass is 300 g/mol. The van der Waals surface area contributed by atoms with E-state index in [0.717, 1.165) is 29.3 Å². The molecule has 0 radical (unpaired) electrons. The Balaban J connectivity index is 1.65. The molecule has 0 bridgehead atoms. The zero-order valence-electron chi connectivity index (χ0n) is 12.6. The van der Waals surface area contributed by atoms with Crippen molar-refractivity contribution in [1.82, 2.24) is 19.7 Å². The van der Waals surface area contributed by atoms with Gasteiger partial charge in [0, 0.05) is 24.5 Å². The van der Waals surface area contributed by atoms with Gasteiger partial charge in [-0.3, -0.25) is 5.10 Å². The van der Waals surface area contributed by atoms with Gasteiger partial charge in [0.25, 0.3) is 0 Å². The molecule has 4 aromatic rings. The molecule has 0 unspecified atom stereocenters. The summed E-state index contributed by atoms with van der Waals surface area (Å²) in [6.07, 6.45) is 3.81. The smallest absolute Gasteiger partial charge is 0.158 e. The molecule has 0 aliphatic heterocycles. The van der Waals surface area contributed by atoms with Crippen molar-refractivity contribution in [3.05, 3.63) is 84.7 Å². The van der Waals surface area contributed by atoms with E-state index in [2.05, 4.69) is 56.1 Å². The third-order valence-corrected chi connectivity index (χ3v) is 3.80. The van der Waals surface area contributed by atoms with Gasteiger partial charge in [-0.2, -0.15) is 5.10 Å². The summed E-state index contributed by atoms with van der Waals surface area (Å²) in [5.41, 5.74) is 4.19. The van der Waals surface area contributed by atoms with Gasteiger partial charge in [-0.05, 0) is 11.6 Å². The molecule has 2 heterocycles. The molecule has 4 heteroatoms. The van der Waals surface area contributed by atoms with Gasteiger partial charge in [-0.15, -0.1) is 0 Å². The minimum Gasteiger partial charge on any atom is -0.325 e. The van der Waals surface area contributed by atoms with Crippen molar-refractivity contribution in [1.29, 1.82) is 0 Å². The van der Waals surface area contributed by atoms with Crippen LogP contribution in [0.2, 0.25) is 0 Å². The first-order chi connectivity index (χ1) is 11.4. The molecule has 2 aromatic heterocycles. The summed E-state index contributed by atoms with van der Waals surface area (Å²) >= 11 is 0. The summed E-state index contributed by atoms with van der Waals surface area (Å²) in [5.74, 6) is 0.892. The average molecular weight is 300 g/mol. The first kappa shape index (κ1) is 13.5. The van der Waals surface area contributed by atoms with E-state index in [9.17, 15) is 0 Å². The standard InChI is InChI=1S/C19H16N4/c1-3-7-15(8-4-1)14-23-12-11-20-19(23)18-13-17(21-22-18)16-9-5-2-6-10-16/h1-13H,14H2,(H,21,22). The molecular weight excluding hydrogens is 284 g/mol. The minimum atomic E-state index is 0.788. The highest BCUT2D eigenvalue weighted by Gasteiger charge is 2.11. The number of hydrogen-bond donors (Lipinski definition) is 1. The highest BCUT2D eigenvalue weighted by molar-refractivity contribution is 5.65. The van der Waals surface area contributed by atoms with E-state index in [0.29, 0.717) is 0 Å². The zero-order chi connectivity index (χ0) is 15.5. The van der Waals surface area contributed by atoms with Gasteiger partial charge in [-0.1, -0.05) is 60.7 Å². The summed E-state index contributed by atoms with van der Waals surface area (Å²) in [5, 5.41) is 7.51. The molecule has 2 aromatic carbocycles.